The van der Waals surface area contributed by atoms with Gasteiger partial charge in [-0.3, -0.25) is 9.67 Å². The predicted molar refractivity (Wildman–Crippen MR) is 130 cm³/mol. The molecule has 3 rings (SSSR count). The lowest BCUT2D eigenvalue weighted by Gasteiger charge is -2.18. The van der Waals surface area contributed by atoms with Crippen LogP contribution in [-0.4, -0.2) is 44.9 Å². The Morgan fingerprint density at radius 3 is 2.59 bits per heavy atom. The van der Waals surface area contributed by atoms with Gasteiger partial charge in [0.2, 0.25) is 0 Å². The molecule has 0 amide bonds. The van der Waals surface area contributed by atoms with Crippen LogP contribution >= 0.6 is 24.0 Å². The first-order chi connectivity index (χ1) is 13.4. The number of fused-ring (bicyclic) bond motifs is 1. The van der Waals surface area contributed by atoms with Gasteiger partial charge >= 0.3 is 0 Å². The van der Waals surface area contributed by atoms with Gasteiger partial charge < -0.3 is 15.2 Å². The van der Waals surface area contributed by atoms with Gasteiger partial charge in [0, 0.05) is 38.9 Å². The van der Waals surface area contributed by atoms with Gasteiger partial charge in [-0.15, -0.1) is 24.0 Å². The number of nitrogens with one attached hydrogen (secondary N) is 2. The van der Waals surface area contributed by atoms with Crippen LogP contribution in [0.3, 0.4) is 0 Å². The highest BCUT2D eigenvalue weighted by Crippen LogP contribution is 2.15. The van der Waals surface area contributed by atoms with Crippen LogP contribution in [0.25, 0.3) is 11.0 Å². The number of para-hydroxylation sites is 2. The number of rotatable bonds is 6. The summed E-state index contributed by atoms with van der Waals surface area (Å²) < 4.78 is 4.18. The maximum atomic E-state index is 4.63. The predicted octanol–water partition coefficient (Wildman–Crippen LogP) is 3.11. The van der Waals surface area contributed by atoms with Crippen LogP contribution in [0.5, 0.6) is 0 Å². The van der Waals surface area contributed by atoms with Crippen molar-refractivity contribution in [2.24, 2.45) is 12.0 Å². The molecule has 2 heterocycles. The molecule has 3 aromatic rings. The van der Waals surface area contributed by atoms with E-state index < -0.39 is 0 Å². The molecule has 0 fully saturated rings. The summed E-state index contributed by atoms with van der Waals surface area (Å²) in [6, 6.07) is 8.50. The van der Waals surface area contributed by atoms with E-state index in [1.54, 1.807) is 7.05 Å². The molecule has 1 unspecified atom stereocenters. The summed E-state index contributed by atoms with van der Waals surface area (Å²) in [5.74, 6) is 1.84. The molecule has 0 aliphatic rings. The quantitative estimate of drug-likeness (QED) is 0.305. The van der Waals surface area contributed by atoms with Crippen LogP contribution in [0.2, 0.25) is 0 Å². The Hall–Kier alpha value is -2.10. The van der Waals surface area contributed by atoms with Crippen molar-refractivity contribution in [3.05, 3.63) is 47.0 Å². The van der Waals surface area contributed by atoms with Gasteiger partial charge in [-0.05, 0) is 51.8 Å². The Labute approximate surface area is 190 Å². The van der Waals surface area contributed by atoms with Gasteiger partial charge in [0.1, 0.15) is 5.82 Å². The van der Waals surface area contributed by atoms with Gasteiger partial charge in [-0.25, -0.2) is 4.98 Å². The third-order valence-electron chi connectivity index (χ3n) is 5.25. The van der Waals surface area contributed by atoms with Crippen LogP contribution < -0.4 is 10.6 Å². The second kappa shape index (κ2) is 10.1. The molecule has 1 aromatic carbocycles. The molecule has 158 valence electrons. The Kier molecular flexibility index (Phi) is 8.06. The first-order valence-electron chi connectivity index (χ1n) is 9.78. The fourth-order valence-electron chi connectivity index (χ4n) is 3.66. The number of halogens is 1. The summed E-state index contributed by atoms with van der Waals surface area (Å²) in [7, 11) is 3.80. The standard InChI is InChI=1S/C21H31N7.HI/c1-14(13-18-15(2)26-27(6)16(18)3)24-21(22-5)23-11-12-28-17(4)25-19-9-7-8-10-20(19)28;/h7-10,14H,11-13H2,1-6H3,(H2,22,23,24);1H. The van der Waals surface area contributed by atoms with Gasteiger partial charge in [0.25, 0.3) is 0 Å². The molecule has 7 nitrogen and oxygen atoms in total. The van der Waals surface area contributed by atoms with Crippen LogP contribution in [0.1, 0.15) is 29.7 Å². The number of benzene rings is 1. The summed E-state index contributed by atoms with van der Waals surface area (Å²) >= 11 is 0. The minimum Gasteiger partial charge on any atom is -0.355 e. The molecule has 2 N–H and O–H groups in total. The smallest absolute Gasteiger partial charge is 0.191 e. The summed E-state index contributed by atoms with van der Waals surface area (Å²) in [6.45, 7) is 10.0. The highest BCUT2D eigenvalue weighted by atomic mass is 127. The Morgan fingerprint density at radius 1 is 1.21 bits per heavy atom. The van der Waals surface area contributed by atoms with E-state index in [0.717, 1.165) is 42.5 Å². The highest BCUT2D eigenvalue weighted by Gasteiger charge is 2.14. The second-order valence-electron chi connectivity index (χ2n) is 7.32. The van der Waals surface area contributed by atoms with Crippen LogP contribution in [0.15, 0.2) is 29.3 Å². The zero-order chi connectivity index (χ0) is 20.3. The first-order valence-corrected chi connectivity index (χ1v) is 9.78. The lowest BCUT2D eigenvalue weighted by Crippen LogP contribution is -2.44. The average molecular weight is 509 g/mol. The Bertz CT molecular complexity index is 986. The zero-order valence-electron chi connectivity index (χ0n) is 18.2. The molecular formula is C21H32IN7. The molecule has 0 aliphatic carbocycles. The van der Waals surface area contributed by atoms with Crippen molar-refractivity contribution in [1.82, 2.24) is 30.0 Å². The molecule has 0 radical (unpaired) electrons. The number of guanidine groups is 1. The van der Waals surface area contributed by atoms with Crippen molar-refractivity contribution in [3.63, 3.8) is 0 Å². The molecule has 0 saturated carbocycles. The van der Waals surface area contributed by atoms with E-state index in [1.807, 2.05) is 24.7 Å². The van der Waals surface area contributed by atoms with E-state index in [4.69, 9.17) is 0 Å². The molecule has 0 bridgehead atoms. The molecular weight excluding hydrogens is 477 g/mol. The number of aromatic nitrogens is 4. The van der Waals surface area contributed by atoms with Gasteiger partial charge in [-0.2, -0.15) is 5.10 Å². The Morgan fingerprint density at radius 2 is 1.93 bits per heavy atom. The van der Waals surface area contributed by atoms with Crippen molar-refractivity contribution in [3.8, 4) is 0 Å². The molecule has 8 heteroatoms. The zero-order valence-corrected chi connectivity index (χ0v) is 20.5. The van der Waals surface area contributed by atoms with Crippen LogP contribution in [0, 0.1) is 20.8 Å². The third-order valence-corrected chi connectivity index (χ3v) is 5.25. The first kappa shape index (κ1) is 23.2. The highest BCUT2D eigenvalue weighted by molar-refractivity contribution is 14.0. The lowest BCUT2D eigenvalue weighted by atomic mass is 10.1. The van der Waals surface area contributed by atoms with E-state index in [9.17, 15) is 0 Å². The fourth-order valence-corrected chi connectivity index (χ4v) is 3.66. The number of nitrogens with zero attached hydrogens (tertiary/aromatic N) is 5. The minimum atomic E-state index is 0. The summed E-state index contributed by atoms with van der Waals surface area (Å²) in [6.07, 6.45) is 0.914. The van der Waals surface area contributed by atoms with E-state index in [2.05, 4.69) is 69.2 Å². The molecule has 1 atom stereocenters. The number of aliphatic imine (C=N–C) groups is 1. The van der Waals surface area contributed by atoms with Crippen molar-refractivity contribution < 1.29 is 0 Å². The van der Waals surface area contributed by atoms with E-state index >= 15 is 0 Å². The Balaban J connectivity index is 0.00000300. The SMILES string of the molecule is CN=C(NCCn1c(C)nc2ccccc21)NC(C)Cc1c(C)nn(C)c1C.I. The fraction of sp³-hybridized carbons (Fsp3) is 0.476. The van der Waals surface area contributed by atoms with Crippen molar-refractivity contribution in [2.45, 2.75) is 46.7 Å². The summed E-state index contributed by atoms with van der Waals surface area (Å²) in [4.78, 5) is 9.00. The maximum Gasteiger partial charge on any atom is 0.191 e. The van der Waals surface area contributed by atoms with Crippen molar-refractivity contribution in [1.29, 1.82) is 0 Å². The summed E-state index contributed by atoms with van der Waals surface area (Å²) in [5, 5.41) is 11.4. The number of imidazole rings is 1. The normalized spacial score (nSPS) is 12.7. The van der Waals surface area contributed by atoms with Crippen LogP contribution in [0.4, 0.5) is 0 Å². The number of aryl methyl sites for hydroxylation is 3. The minimum absolute atomic E-state index is 0. The van der Waals surface area contributed by atoms with Crippen LogP contribution in [-0.2, 0) is 20.0 Å². The number of hydrogen-bond donors (Lipinski definition) is 2. The van der Waals surface area contributed by atoms with Gasteiger partial charge in [0.15, 0.2) is 5.96 Å². The van der Waals surface area contributed by atoms with Crippen molar-refractivity contribution in [2.75, 3.05) is 13.6 Å². The molecule has 2 aromatic heterocycles. The molecule has 29 heavy (non-hydrogen) atoms. The lowest BCUT2D eigenvalue weighted by molar-refractivity contribution is 0.617. The van der Waals surface area contributed by atoms with Crippen molar-refractivity contribution >= 4 is 41.0 Å². The molecule has 0 spiro atoms. The average Bonchev–Trinajstić information content (AvgIpc) is 3.11. The van der Waals surface area contributed by atoms with E-state index in [1.165, 1.54) is 16.8 Å². The second-order valence-corrected chi connectivity index (χ2v) is 7.32. The van der Waals surface area contributed by atoms with E-state index in [0.29, 0.717) is 0 Å². The van der Waals surface area contributed by atoms with Gasteiger partial charge in [0.05, 0.1) is 16.7 Å². The largest absolute Gasteiger partial charge is 0.355 e. The van der Waals surface area contributed by atoms with E-state index in [-0.39, 0.29) is 30.0 Å². The maximum absolute atomic E-state index is 4.63. The third kappa shape index (κ3) is 5.29. The molecule has 0 aliphatic heterocycles. The molecule has 0 saturated heterocycles. The summed E-state index contributed by atoms with van der Waals surface area (Å²) in [5.41, 5.74) is 5.83. The topological polar surface area (TPSA) is 72.1 Å². The number of hydrogen-bond acceptors (Lipinski definition) is 3. The monoisotopic (exact) mass is 509 g/mol. The van der Waals surface area contributed by atoms with Gasteiger partial charge in [-0.1, -0.05) is 12.1 Å².